The summed E-state index contributed by atoms with van der Waals surface area (Å²) in [6, 6.07) is 12.7. The Morgan fingerprint density at radius 2 is 1.72 bits per heavy atom. The van der Waals surface area contributed by atoms with Crippen LogP contribution in [0.2, 0.25) is 0 Å². The van der Waals surface area contributed by atoms with E-state index in [1.54, 1.807) is 58.3 Å². The first-order chi connectivity index (χ1) is 17.4. The number of ketones is 1. The Morgan fingerprint density at radius 3 is 2.33 bits per heavy atom. The minimum absolute atomic E-state index is 0.153. The van der Waals surface area contributed by atoms with Crippen LogP contribution in [-0.4, -0.2) is 48.7 Å². The molecule has 4 rings (SSSR count). The summed E-state index contributed by atoms with van der Waals surface area (Å²) in [5.41, 5.74) is 2.78. The Bertz CT molecular complexity index is 1200. The second kappa shape index (κ2) is 10.8. The molecule has 1 aliphatic heterocycles. The minimum Gasteiger partial charge on any atom is -0.497 e. The van der Waals surface area contributed by atoms with Crippen LogP contribution in [0, 0.1) is 11.8 Å². The van der Waals surface area contributed by atoms with Gasteiger partial charge in [0.1, 0.15) is 11.7 Å². The zero-order valence-corrected chi connectivity index (χ0v) is 20.9. The summed E-state index contributed by atoms with van der Waals surface area (Å²) in [4.78, 5) is 49.6. The van der Waals surface area contributed by atoms with E-state index in [2.05, 4.69) is 4.98 Å². The average Bonchev–Trinajstić information content (AvgIpc) is 2.88. The van der Waals surface area contributed by atoms with Crippen molar-refractivity contribution in [2.45, 2.75) is 39.0 Å². The third-order valence-corrected chi connectivity index (χ3v) is 6.74. The molecule has 1 aromatic heterocycles. The van der Waals surface area contributed by atoms with Crippen molar-refractivity contribution in [2.75, 3.05) is 20.3 Å². The van der Waals surface area contributed by atoms with E-state index in [-0.39, 0.29) is 19.0 Å². The second-order valence-electron chi connectivity index (χ2n) is 8.75. The molecule has 188 valence electrons. The highest BCUT2D eigenvalue weighted by Crippen LogP contribution is 2.48. The summed E-state index contributed by atoms with van der Waals surface area (Å²) in [5, 5.41) is 0. The SMILES string of the molecule is CCOC(=O)C1=C(C)N=C2C[C@@H](c3ccc(OC)cc3)[C@@H](C(=O)OCC)C(=O)C2[C@@H]1c1ccccn1. The number of hydrogen-bond acceptors (Lipinski definition) is 8. The molecule has 36 heavy (non-hydrogen) atoms. The lowest BCUT2D eigenvalue weighted by molar-refractivity contribution is -0.153. The van der Waals surface area contributed by atoms with E-state index < -0.39 is 35.6 Å². The number of carbonyl (C=O) groups excluding carboxylic acids is 3. The van der Waals surface area contributed by atoms with Gasteiger partial charge in [-0.1, -0.05) is 18.2 Å². The number of aliphatic imine (C=N–C) groups is 1. The van der Waals surface area contributed by atoms with Crippen LogP contribution in [-0.2, 0) is 23.9 Å². The van der Waals surface area contributed by atoms with Gasteiger partial charge < -0.3 is 14.2 Å². The summed E-state index contributed by atoms with van der Waals surface area (Å²) >= 11 is 0. The summed E-state index contributed by atoms with van der Waals surface area (Å²) in [6.45, 7) is 5.52. The topological polar surface area (TPSA) is 104 Å². The maximum atomic E-state index is 14.2. The number of aromatic nitrogens is 1. The van der Waals surface area contributed by atoms with E-state index in [1.807, 2.05) is 18.2 Å². The molecule has 0 spiro atoms. The quantitative estimate of drug-likeness (QED) is 0.426. The zero-order valence-electron chi connectivity index (χ0n) is 20.9. The number of nitrogens with zero attached hydrogens (tertiary/aromatic N) is 2. The van der Waals surface area contributed by atoms with Gasteiger partial charge in [0, 0.05) is 29.2 Å². The third-order valence-electron chi connectivity index (χ3n) is 6.74. The van der Waals surface area contributed by atoms with Crippen molar-refractivity contribution in [3.8, 4) is 5.75 Å². The van der Waals surface area contributed by atoms with Crippen LogP contribution >= 0.6 is 0 Å². The normalized spacial score (nSPS) is 23.4. The molecule has 0 amide bonds. The van der Waals surface area contributed by atoms with Crippen LogP contribution in [0.4, 0.5) is 0 Å². The van der Waals surface area contributed by atoms with Crippen LogP contribution in [0.25, 0.3) is 0 Å². The molecule has 1 unspecified atom stereocenters. The molecule has 4 atom stereocenters. The van der Waals surface area contributed by atoms with E-state index >= 15 is 0 Å². The zero-order chi connectivity index (χ0) is 25.8. The molecule has 2 aliphatic rings. The van der Waals surface area contributed by atoms with Crippen LogP contribution < -0.4 is 4.74 Å². The molecule has 1 saturated carbocycles. The first-order valence-corrected chi connectivity index (χ1v) is 12.1. The fourth-order valence-electron chi connectivity index (χ4n) is 5.20. The summed E-state index contributed by atoms with van der Waals surface area (Å²) in [5.74, 6) is -3.81. The van der Waals surface area contributed by atoms with Gasteiger partial charge in [0.2, 0.25) is 0 Å². The van der Waals surface area contributed by atoms with E-state index in [1.165, 1.54) is 0 Å². The fraction of sp³-hybridized carbons (Fsp3) is 0.393. The Labute approximate surface area is 210 Å². The number of benzene rings is 1. The lowest BCUT2D eigenvalue weighted by Gasteiger charge is -2.40. The molecule has 0 radical (unpaired) electrons. The molecular weight excluding hydrogens is 460 g/mol. The summed E-state index contributed by atoms with van der Waals surface area (Å²) in [7, 11) is 1.58. The number of hydrogen-bond donors (Lipinski definition) is 0. The maximum Gasteiger partial charge on any atom is 0.336 e. The Kier molecular flexibility index (Phi) is 7.62. The van der Waals surface area contributed by atoms with Crippen molar-refractivity contribution >= 4 is 23.4 Å². The molecule has 0 bridgehead atoms. The van der Waals surface area contributed by atoms with E-state index in [0.717, 1.165) is 5.56 Å². The number of ether oxygens (including phenoxy) is 3. The van der Waals surface area contributed by atoms with Gasteiger partial charge in [-0.25, -0.2) is 4.79 Å². The van der Waals surface area contributed by atoms with Gasteiger partial charge in [0.05, 0.1) is 37.7 Å². The van der Waals surface area contributed by atoms with Crippen molar-refractivity contribution in [1.82, 2.24) is 4.98 Å². The predicted octanol–water partition coefficient (Wildman–Crippen LogP) is 4.02. The predicted molar refractivity (Wildman–Crippen MR) is 133 cm³/mol. The van der Waals surface area contributed by atoms with Gasteiger partial charge >= 0.3 is 11.9 Å². The summed E-state index contributed by atoms with van der Waals surface area (Å²) < 4.78 is 16.0. The molecule has 2 heterocycles. The molecule has 0 N–H and O–H groups in total. The lowest BCUT2D eigenvalue weighted by atomic mass is 9.62. The minimum atomic E-state index is -1.05. The van der Waals surface area contributed by atoms with Crippen molar-refractivity contribution in [2.24, 2.45) is 16.8 Å². The number of allylic oxidation sites excluding steroid dienone is 1. The molecular formula is C28H30N2O6. The van der Waals surface area contributed by atoms with E-state index in [4.69, 9.17) is 19.2 Å². The highest BCUT2D eigenvalue weighted by Gasteiger charge is 2.53. The van der Waals surface area contributed by atoms with Gasteiger partial charge in [0.25, 0.3) is 0 Å². The van der Waals surface area contributed by atoms with Crippen molar-refractivity contribution in [3.05, 3.63) is 71.2 Å². The first kappa shape index (κ1) is 25.3. The molecule has 1 aliphatic carbocycles. The van der Waals surface area contributed by atoms with Gasteiger partial charge in [0.15, 0.2) is 5.78 Å². The molecule has 0 saturated heterocycles. The number of esters is 2. The molecule has 8 nitrogen and oxygen atoms in total. The van der Waals surface area contributed by atoms with Crippen LogP contribution in [0.3, 0.4) is 0 Å². The molecule has 1 aromatic carbocycles. The van der Waals surface area contributed by atoms with Crippen molar-refractivity contribution < 1.29 is 28.6 Å². The number of pyridine rings is 1. The second-order valence-corrected chi connectivity index (χ2v) is 8.75. The Hall–Kier alpha value is -3.81. The Balaban J connectivity index is 1.86. The first-order valence-electron chi connectivity index (χ1n) is 12.1. The highest BCUT2D eigenvalue weighted by atomic mass is 16.5. The van der Waals surface area contributed by atoms with E-state index in [0.29, 0.717) is 34.8 Å². The smallest absolute Gasteiger partial charge is 0.336 e. The fourth-order valence-corrected chi connectivity index (χ4v) is 5.20. The average molecular weight is 491 g/mol. The number of methoxy groups -OCH3 is 1. The summed E-state index contributed by atoms with van der Waals surface area (Å²) in [6.07, 6.45) is 1.98. The molecule has 8 heteroatoms. The maximum absolute atomic E-state index is 14.2. The van der Waals surface area contributed by atoms with Gasteiger partial charge in [-0.2, -0.15) is 0 Å². The van der Waals surface area contributed by atoms with E-state index in [9.17, 15) is 14.4 Å². The largest absolute Gasteiger partial charge is 0.497 e. The monoisotopic (exact) mass is 490 g/mol. The number of Topliss-reactive ketones (excluding diaryl/α,β-unsaturated/α-hetero) is 1. The molecule has 2 aromatic rings. The number of rotatable bonds is 7. The van der Waals surface area contributed by atoms with Gasteiger partial charge in [-0.05, 0) is 57.0 Å². The van der Waals surface area contributed by atoms with Crippen molar-refractivity contribution in [1.29, 1.82) is 0 Å². The van der Waals surface area contributed by atoms with Crippen LogP contribution in [0.15, 0.2) is 64.9 Å². The number of fused-ring (bicyclic) bond motifs is 1. The van der Waals surface area contributed by atoms with Crippen LogP contribution in [0.1, 0.15) is 50.3 Å². The standard InChI is InChI=1S/C28H30N2O6/c1-5-35-27(32)22-16(3)30-21-15-19(17-10-12-18(34-4)13-11-17)23(28(33)36-6-2)26(31)25(21)24(22)20-9-7-8-14-29-20/h7-14,19,23-25H,5-6,15H2,1-4H3/t19-,23+,24+,25?/m0/s1. The van der Waals surface area contributed by atoms with Gasteiger partial charge in [-0.15, -0.1) is 0 Å². The number of carbonyl (C=O) groups is 3. The van der Waals surface area contributed by atoms with Gasteiger partial charge in [-0.3, -0.25) is 19.6 Å². The molecule has 1 fully saturated rings. The van der Waals surface area contributed by atoms with Crippen molar-refractivity contribution in [3.63, 3.8) is 0 Å². The third kappa shape index (κ3) is 4.67. The highest BCUT2D eigenvalue weighted by molar-refractivity contribution is 6.17. The lowest BCUT2D eigenvalue weighted by Crippen LogP contribution is -2.49. The Morgan fingerprint density at radius 1 is 1.00 bits per heavy atom. The van der Waals surface area contributed by atoms with Crippen LogP contribution in [0.5, 0.6) is 5.75 Å².